The van der Waals surface area contributed by atoms with Crippen molar-refractivity contribution in [3.63, 3.8) is 0 Å². The minimum atomic E-state index is 0.269. The summed E-state index contributed by atoms with van der Waals surface area (Å²) in [6, 6.07) is 0. The van der Waals surface area contributed by atoms with Gasteiger partial charge in [-0.1, -0.05) is 0 Å². The molecule has 0 aromatic rings. The normalized spacial score (nSPS) is 8.75. The summed E-state index contributed by atoms with van der Waals surface area (Å²) in [4.78, 5) is 10.6. The quantitative estimate of drug-likeness (QED) is 0.401. The van der Waals surface area contributed by atoms with Crippen LogP contribution in [0.25, 0.3) is 0 Å². The molecule has 0 aromatic carbocycles. The van der Waals surface area contributed by atoms with Gasteiger partial charge in [0.2, 0.25) is 0 Å². The maximum atomic E-state index is 10.6. The molecule has 0 bridgehead atoms. The number of carbonyl (C=O) groups excluding carboxylic acids is 1. The van der Waals surface area contributed by atoms with E-state index in [1.165, 1.54) is 0.591 Å². The van der Waals surface area contributed by atoms with Gasteiger partial charge >= 0.3 is 82.8 Å². The molecule has 0 rings (SSSR count). The summed E-state index contributed by atoms with van der Waals surface area (Å²) < 4.78 is 1.50. The van der Waals surface area contributed by atoms with Gasteiger partial charge in [0.25, 0.3) is 0 Å². The Morgan fingerprint density at radius 3 is 1.62 bits per heavy atom. The molecule has 0 aromatic heterocycles. The molecule has 0 radical (unpaired) electrons. The molecule has 0 aliphatic heterocycles. The number of Topliss-reactive ketones (excluding diaryl/α,β-unsaturated/α-hetero) is 1. The number of rotatable bonds is 1. The molecule has 8 heavy (non-hydrogen) atoms. The van der Waals surface area contributed by atoms with Gasteiger partial charge < -0.3 is 0 Å². The van der Waals surface area contributed by atoms with Crippen LogP contribution in [0.2, 0.25) is 0 Å². The number of carbonyl (C=O) groups is 1. The second kappa shape index (κ2) is 4.15. The van der Waals surface area contributed by atoms with E-state index in [0.717, 1.165) is 57.8 Å². The molecule has 0 N–H and O–H groups in total. The van der Waals surface area contributed by atoms with Crippen molar-refractivity contribution in [1.82, 2.24) is 0 Å². The summed E-state index contributed by atoms with van der Waals surface area (Å²) in [5.41, 5.74) is 1.05. The molecule has 0 atom stereocenters. The van der Waals surface area contributed by atoms with Gasteiger partial charge in [0.1, 0.15) is 0 Å². The Balaban J connectivity index is 4.23. The Morgan fingerprint density at radius 1 is 1.25 bits per heavy atom. The standard InChI is InChI=1S/C5H6O.2Hg/c1-4(2)5(3)6;;/h1,3H3;;. The van der Waals surface area contributed by atoms with Crippen LogP contribution in [0.15, 0.2) is 6.16 Å². The van der Waals surface area contributed by atoms with Gasteiger partial charge in [0, 0.05) is 0 Å². The van der Waals surface area contributed by atoms with Crippen molar-refractivity contribution in [1.29, 1.82) is 0 Å². The Kier molecular flexibility index (Phi) is 4.82. The second-order valence-corrected chi connectivity index (χ2v) is 23.5. The zero-order chi connectivity index (χ0) is 6.73. The van der Waals surface area contributed by atoms with Gasteiger partial charge in [0.05, 0.1) is 0 Å². The van der Waals surface area contributed by atoms with Gasteiger partial charge in [-0.2, -0.15) is 0 Å². The van der Waals surface area contributed by atoms with Gasteiger partial charge in [0.15, 0.2) is 0 Å². The first-order valence-electron chi connectivity index (χ1n) is 2.41. The molecule has 3 heteroatoms. The molecule has 0 amide bonds. The molecule has 0 unspecified atom stereocenters. The van der Waals surface area contributed by atoms with Crippen LogP contribution >= 0.6 is 0 Å². The van der Waals surface area contributed by atoms with Crippen LogP contribution in [0.4, 0.5) is 0 Å². The average Bonchev–Trinajstić information content (AvgIpc) is 1.64. The van der Waals surface area contributed by atoms with E-state index in [1.807, 2.05) is 6.92 Å². The van der Waals surface area contributed by atoms with Crippen LogP contribution in [-0.2, 0) is 57.0 Å². The van der Waals surface area contributed by atoms with E-state index >= 15 is 0 Å². The number of allylic oxidation sites excluding steroid dienone is 1. The Hall–Kier alpha value is 1.28. The fourth-order valence-corrected chi connectivity index (χ4v) is 2.18. The van der Waals surface area contributed by atoms with E-state index in [-0.39, 0.29) is 5.78 Å². The molecule has 0 saturated carbocycles. The molecular weight excluding hydrogens is 477 g/mol. The van der Waals surface area contributed by atoms with E-state index in [1.54, 1.807) is 6.92 Å². The number of ketones is 1. The zero-order valence-electron chi connectivity index (χ0n) is 5.32. The first kappa shape index (κ1) is 9.28. The van der Waals surface area contributed by atoms with E-state index in [9.17, 15) is 4.79 Å². The first-order chi connectivity index (χ1) is 3.55. The number of hydrogen-bond donors (Lipinski definition) is 0. The fourth-order valence-electron chi connectivity index (χ4n) is 0.249. The van der Waals surface area contributed by atoms with E-state index in [0.29, 0.717) is 0 Å². The van der Waals surface area contributed by atoms with Crippen molar-refractivity contribution >= 4 is 5.78 Å². The summed E-state index contributed by atoms with van der Waals surface area (Å²) >= 11 is 1.45. The topological polar surface area (TPSA) is 17.1 Å². The Morgan fingerprint density at radius 2 is 1.62 bits per heavy atom. The third kappa shape index (κ3) is 3.33. The maximum absolute atomic E-state index is 10.6. The Bertz CT molecular complexity index is 133. The molecule has 36 valence electrons. The molecule has 0 saturated heterocycles. The first-order valence-corrected chi connectivity index (χ1v) is 7.91. The van der Waals surface area contributed by atoms with Crippen LogP contribution in [-0.4, -0.2) is 5.78 Å². The molecular formula is C5H6Hg2O. The molecule has 1 nitrogen and oxygen atoms in total. The summed E-state index contributed by atoms with van der Waals surface area (Å²) in [5.74, 6) is 0.269. The van der Waals surface area contributed by atoms with Crippen molar-refractivity contribution < 1.29 is 57.0 Å². The monoisotopic (exact) mass is 486 g/mol. The van der Waals surface area contributed by atoms with E-state index in [4.69, 9.17) is 0 Å². The van der Waals surface area contributed by atoms with Crippen molar-refractivity contribution in [3.05, 3.63) is 6.16 Å². The van der Waals surface area contributed by atoms with Crippen LogP contribution in [0.5, 0.6) is 0 Å². The van der Waals surface area contributed by atoms with Gasteiger partial charge in [-0.15, -0.1) is 0 Å². The fraction of sp³-hybridized carbons (Fsp3) is 0.400. The molecule has 0 heterocycles. The van der Waals surface area contributed by atoms with E-state index in [2.05, 4.69) is 0 Å². The summed E-state index contributed by atoms with van der Waals surface area (Å²) in [6.07, 6.45) is 0. The van der Waals surface area contributed by atoms with Gasteiger partial charge in [-0.05, 0) is 0 Å². The Labute approximate surface area is 81.9 Å². The van der Waals surface area contributed by atoms with Crippen molar-refractivity contribution in [2.45, 2.75) is 13.8 Å². The summed E-state index contributed by atoms with van der Waals surface area (Å²) in [5, 5.41) is 0. The molecule has 0 aliphatic carbocycles. The molecule has 0 spiro atoms. The molecule has 0 fully saturated rings. The van der Waals surface area contributed by atoms with Crippen molar-refractivity contribution in [3.8, 4) is 0 Å². The third-order valence-electron chi connectivity index (χ3n) is 1.06. The second-order valence-electron chi connectivity index (χ2n) is 1.78. The molecule has 0 aliphatic rings. The van der Waals surface area contributed by atoms with Crippen LogP contribution < -0.4 is 0 Å². The van der Waals surface area contributed by atoms with Crippen LogP contribution in [0.3, 0.4) is 0 Å². The average molecular weight is 483 g/mol. The van der Waals surface area contributed by atoms with Gasteiger partial charge in [-0.25, -0.2) is 0 Å². The van der Waals surface area contributed by atoms with Crippen LogP contribution in [0, 0.1) is 0 Å². The third-order valence-corrected chi connectivity index (χ3v) is 5.18. The summed E-state index contributed by atoms with van der Waals surface area (Å²) in [6.45, 7) is 3.59. The predicted molar refractivity (Wildman–Crippen MR) is 23.4 cm³/mol. The van der Waals surface area contributed by atoms with Crippen molar-refractivity contribution in [2.24, 2.45) is 0 Å². The van der Waals surface area contributed by atoms with Crippen LogP contribution in [0.1, 0.15) is 13.8 Å². The summed E-state index contributed by atoms with van der Waals surface area (Å²) in [7, 11) is 0. The van der Waals surface area contributed by atoms with Crippen molar-refractivity contribution in [2.75, 3.05) is 0 Å². The minimum absolute atomic E-state index is 0.269. The predicted octanol–water partition coefficient (Wildman–Crippen LogP) is 0.900. The number of hydrogen-bond acceptors (Lipinski definition) is 1. The van der Waals surface area contributed by atoms with Gasteiger partial charge in [-0.3, -0.25) is 0 Å². The zero-order valence-corrected chi connectivity index (χ0v) is 16.3. The van der Waals surface area contributed by atoms with E-state index < -0.39 is 0 Å². The SMILES string of the molecule is CC(=O)C(C)=[C]([Hg])[Hg].